The second kappa shape index (κ2) is 9.65. The molecule has 8 heteroatoms. The molecule has 0 saturated carbocycles. The summed E-state index contributed by atoms with van der Waals surface area (Å²) in [6.07, 6.45) is 1.07. The maximum Gasteiger partial charge on any atom is 0.325 e. The van der Waals surface area contributed by atoms with Crippen molar-refractivity contribution >= 4 is 35.3 Å². The van der Waals surface area contributed by atoms with E-state index in [-0.39, 0.29) is 6.54 Å². The Hall–Kier alpha value is -3.00. The van der Waals surface area contributed by atoms with Crippen LogP contribution in [-0.2, 0) is 15.1 Å². The molecule has 2 aromatic rings. The number of aryl methyl sites for hydroxylation is 1. The maximum absolute atomic E-state index is 13.1. The first-order valence-electron chi connectivity index (χ1n) is 10.5. The van der Waals surface area contributed by atoms with Gasteiger partial charge in [0, 0.05) is 15.8 Å². The fourth-order valence-corrected chi connectivity index (χ4v) is 4.48. The Labute approximate surface area is 192 Å². The summed E-state index contributed by atoms with van der Waals surface area (Å²) in [4.78, 5) is 40.3. The number of rotatable bonds is 8. The van der Waals surface area contributed by atoms with Gasteiger partial charge in [0.05, 0.1) is 7.11 Å². The highest BCUT2D eigenvalue weighted by Gasteiger charge is 2.49. The van der Waals surface area contributed by atoms with Crippen molar-refractivity contribution in [3.05, 3.63) is 53.6 Å². The largest absolute Gasteiger partial charge is 0.497 e. The summed E-state index contributed by atoms with van der Waals surface area (Å²) in [5.41, 5.74) is 0.958. The molecule has 1 aliphatic heterocycles. The minimum absolute atomic E-state index is 0.362. The molecule has 0 spiro atoms. The van der Waals surface area contributed by atoms with E-state index in [9.17, 15) is 14.4 Å². The van der Waals surface area contributed by atoms with E-state index >= 15 is 0 Å². The van der Waals surface area contributed by atoms with Gasteiger partial charge in [-0.3, -0.25) is 14.5 Å². The monoisotopic (exact) mass is 455 g/mol. The molecule has 1 heterocycles. The molecule has 1 aliphatic rings. The van der Waals surface area contributed by atoms with Crippen LogP contribution in [0.4, 0.5) is 10.5 Å². The van der Waals surface area contributed by atoms with Crippen LogP contribution in [0.25, 0.3) is 0 Å². The third kappa shape index (κ3) is 4.91. The molecule has 1 saturated heterocycles. The first kappa shape index (κ1) is 23.7. The highest BCUT2D eigenvalue weighted by molar-refractivity contribution is 7.99. The normalized spacial score (nSPS) is 19.0. The van der Waals surface area contributed by atoms with Gasteiger partial charge in [-0.1, -0.05) is 26.0 Å². The maximum atomic E-state index is 13.1. The second-order valence-electron chi connectivity index (χ2n) is 8.04. The van der Waals surface area contributed by atoms with Crippen LogP contribution in [0.3, 0.4) is 0 Å². The number of ether oxygens (including phenoxy) is 1. The van der Waals surface area contributed by atoms with E-state index < -0.39 is 23.4 Å². The van der Waals surface area contributed by atoms with Crippen molar-refractivity contribution in [3.63, 3.8) is 0 Å². The molecular weight excluding hydrogens is 426 g/mol. The summed E-state index contributed by atoms with van der Waals surface area (Å²) in [5.74, 6) is -0.257. The lowest BCUT2D eigenvalue weighted by Crippen LogP contribution is -2.42. The average molecular weight is 456 g/mol. The summed E-state index contributed by atoms with van der Waals surface area (Å²) in [6.45, 7) is 7.51. The Balaban J connectivity index is 1.68. The van der Waals surface area contributed by atoms with E-state index in [1.54, 1.807) is 50.1 Å². The number of benzene rings is 2. The molecule has 3 rings (SSSR count). The van der Waals surface area contributed by atoms with Crippen LogP contribution in [0.5, 0.6) is 5.75 Å². The van der Waals surface area contributed by atoms with Crippen molar-refractivity contribution < 1.29 is 19.1 Å². The SMILES string of the molecule is CCC(C)Sc1ccc(NC(=O)CN2C(=O)NC(C)(c3ccc(OC)cc3)C2=O)c(C)c1. The van der Waals surface area contributed by atoms with Gasteiger partial charge < -0.3 is 15.4 Å². The number of thioether (sulfide) groups is 1. The highest BCUT2D eigenvalue weighted by atomic mass is 32.2. The van der Waals surface area contributed by atoms with Gasteiger partial charge in [-0.25, -0.2) is 4.79 Å². The number of carbonyl (C=O) groups is 3. The molecule has 0 bridgehead atoms. The fourth-order valence-electron chi connectivity index (χ4n) is 3.46. The molecule has 2 aromatic carbocycles. The molecule has 1 fully saturated rings. The van der Waals surface area contributed by atoms with Gasteiger partial charge in [-0.05, 0) is 61.7 Å². The number of carbonyl (C=O) groups excluding carboxylic acids is 3. The van der Waals surface area contributed by atoms with Gasteiger partial charge in [0.15, 0.2) is 0 Å². The summed E-state index contributed by atoms with van der Waals surface area (Å²) in [7, 11) is 1.55. The van der Waals surface area contributed by atoms with Gasteiger partial charge in [0.2, 0.25) is 5.91 Å². The van der Waals surface area contributed by atoms with Crippen molar-refractivity contribution in [2.75, 3.05) is 19.0 Å². The third-order valence-corrected chi connectivity index (χ3v) is 6.89. The summed E-state index contributed by atoms with van der Waals surface area (Å²) < 4.78 is 5.15. The van der Waals surface area contributed by atoms with E-state index in [4.69, 9.17) is 4.74 Å². The molecular formula is C24H29N3O4S. The van der Waals surface area contributed by atoms with E-state index in [2.05, 4.69) is 24.5 Å². The van der Waals surface area contributed by atoms with Crippen molar-refractivity contribution in [2.24, 2.45) is 0 Å². The van der Waals surface area contributed by atoms with E-state index in [1.807, 2.05) is 25.1 Å². The Kier molecular flexibility index (Phi) is 7.13. The Bertz CT molecular complexity index is 1020. The number of anilines is 1. The third-order valence-electron chi connectivity index (χ3n) is 5.63. The summed E-state index contributed by atoms with van der Waals surface area (Å²) >= 11 is 1.79. The minimum atomic E-state index is -1.24. The van der Waals surface area contributed by atoms with Gasteiger partial charge in [0.25, 0.3) is 5.91 Å². The summed E-state index contributed by atoms with van der Waals surface area (Å²) in [5, 5.41) is 6.03. The zero-order chi connectivity index (χ0) is 23.5. The fraction of sp³-hybridized carbons (Fsp3) is 0.375. The first-order valence-corrected chi connectivity index (χ1v) is 11.4. The van der Waals surface area contributed by atoms with Crippen LogP contribution in [0.1, 0.15) is 38.3 Å². The van der Waals surface area contributed by atoms with E-state index in [0.29, 0.717) is 22.3 Å². The quantitative estimate of drug-likeness (QED) is 0.458. The molecule has 0 aromatic heterocycles. The van der Waals surface area contributed by atoms with Crippen molar-refractivity contribution in [2.45, 2.75) is 49.8 Å². The van der Waals surface area contributed by atoms with Gasteiger partial charge >= 0.3 is 6.03 Å². The average Bonchev–Trinajstić information content (AvgIpc) is 2.99. The Morgan fingerprint density at radius 2 is 1.91 bits per heavy atom. The standard InChI is InChI=1S/C24H29N3O4S/c1-6-16(3)32-19-11-12-20(15(2)13-19)25-21(28)14-27-22(29)24(4,26-23(27)30)17-7-9-18(31-5)10-8-17/h7-13,16H,6,14H2,1-5H3,(H,25,28)(H,26,30). The van der Waals surface area contributed by atoms with E-state index in [0.717, 1.165) is 21.8 Å². The molecule has 0 aliphatic carbocycles. The number of methoxy groups -OCH3 is 1. The van der Waals surface area contributed by atoms with Gasteiger partial charge in [-0.15, -0.1) is 11.8 Å². The van der Waals surface area contributed by atoms with Crippen LogP contribution in [0.15, 0.2) is 47.4 Å². The molecule has 170 valence electrons. The predicted octanol–water partition coefficient (Wildman–Crippen LogP) is 4.30. The second-order valence-corrected chi connectivity index (χ2v) is 9.55. The van der Waals surface area contributed by atoms with Crippen LogP contribution in [0, 0.1) is 6.92 Å². The number of hydrogen-bond acceptors (Lipinski definition) is 5. The molecule has 7 nitrogen and oxygen atoms in total. The topological polar surface area (TPSA) is 87.7 Å². The summed E-state index contributed by atoms with van der Waals surface area (Å²) in [6, 6.07) is 12.1. The molecule has 4 amide bonds. The Morgan fingerprint density at radius 1 is 1.22 bits per heavy atom. The zero-order valence-corrected chi connectivity index (χ0v) is 19.8. The van der Waals surface area contributed by atoms with Crippen LogP contribution < -0.4 is 15.4 Å². The van der Waals surface area contributed by atoms with E-state index in [1.165, 1.54) is 0 Å². The smallest absolute Gasteiger partial charge is 0.325 e. The van der Waals surface area contributed by atoms with Crippen LogP contribution in [-0.4, -0.2) is 41.6 Å². The first-order chi connectivity index (χ1) is 15.2. The Morgan fingerprint density at radius 3 is 2.50 bits per heavy atom. The van der Waals surface area contributed by atoms with Crippen LogP contribution in [0.2, 0.25) is 0 Å². The molecule has 2 unspecified atom stereocenters. The van der Waals surface area contributed by atoms with Crippen molar-refractivity contribution in [3.8, 4) is 5.75 Å². The predicted molar refractivity (Wildman–Crippen MR) is 126 cm³/mol. The number of nitrogens with one attached hydrogen (secondary N) is 2. The van der Waals surface area contributed by atoms with Gasteiger partial charge in [-0.2, -0.15) is 0 Å². The molecule has 0 radical (unpaired) electrons. The number of urea groups is 1. The zero-order valence-electron chi connectivity index (χ0n) is 19.0. The lowest BCUT2D eigenvalue weighted by atomic mass is 9.92. The van der Waals surface area contributed by atoms with Crippen molar-refractivity contribution in [1.29, 1.82) is 0 Å². The highest BCUT2D eigenvalue weighted by Crippen LogP contribution is 2.31. The molecule has 32 heavy (non-hydrogen) atoms. The van der Waals surface area contributed by atoms with Gasteiger partial charge in [0.1, 0.15) is 17.8 Å². The van der Waals surface area contributed by atoms with Crippen molar-refractivity contribution in [1.82, 2.24) is 10.2 Å². The number of hydrogen-bond donors (Lipinski definition) is 2. The lowest BCUT2D eigenvalue weighted by molar-refractivity contribution is -0.133. The van der Waals surface area contributed by atoms with Crippen LogP contribution >= 0.6 is 11.8 Å². The number of nitrogens with zero attached hydrogens (tertiary/aromatic N) is 1. The molecule has 2 atom stereocenters. The molecule has 2 N–H and O–H groups in total. The number of amides is 4. The minimum Gasteiger partial charge on any atom is -0.497 e. The lowest BCUT2D eigenvalue weighted by Gasteiger charge is -2.22. The number of imide groups is 1.